The van der Waals surface area contributed by atoms with Crippen LogP contribution in [-0.2, 0) is 6.54 Å². The van der Waals surface area contributed by atoms with Crippen molar-refractivity contribution in [3.05, 3.63) is 65.9 Å². The average molecular weight is 370 g/mol. The van der Waals surface area contributed by atoms with Crippen molar-refractivity contribution in [2.75, 3.05) is 5.32 Å². The normalized spacial score (nSPS) is 13.8. The molecule has 0 radical (unpaired) electrons. The van der Waals surface area contributed by atoms with Crippen molar-refractivity contribution >= 4 is 16.9 Å². The summed E-state index contributed by atoms with van der Waals surface area (Å²) in [6.07, 6.45) is 6.00. The maximum Gasteiger partial charge on any atom is 0.163 e. The Morgan fingerprint density at radius 3 is 2.68 bits per heavy atom. The second kappa shape index (κ2) is 6.71. The van der Waals surface area contributed by atoms with E-state index in [0.717, 1.165) is 34.0 Å². The van der Waals surface area contributed by atoms with Crippen molar-refractivity contribution in [3.8, 4) is 11.4 Å². The molecule has 3 heterocycles. The molecule has 0 bridgehead atoms. The number of imidazole rings is 1. The standard InChI is InChI=1S/C22H22N6/c1-14-15(2)25-22(16-6-5-11-23-12-16)27-21(14)24-13-20-26-18-7-3-4-8-19(18)28(20)17-9-10-17/h3-8,11-12,17H,9-10,13H2,1-2H3,(H,24,25,27). The largest absolute Gasteiger partial charge is 0.362 e. The predicted molar refractivity (Wildman–Crippen MR) is 110 cm³/mol. The number of benzene rings is 1. The molecule has 5 rings (SSSR count). The highest BCUT2D eigenvalue weighted by molar-refractivity contribution is 5.76. The molecule has 1 aliphatic rings. The first-order valence-corrected chi connectivity index (χ1v) is 9.66. The number of hydrogen-bond acceptors (Lipinski definition) is 5. The third-order valence-corrected chi connectivity index (χ3v) is 5.30. The molecule has 6 heteroatoms. The van der Waals surface area contributed by atoms with Crippen LogP contribution in [0, 0.1) is 13.8 Å². The van der Waals surface area contributed by atoms with Gasteiger partial charge >= 0.3 is 0 Å². The number of nitrogens with zero attached hydrogens (tertiary/aromatic N) is 5. The SMILES string of the molecule is Cc1nc(-c2cccnc2)nc(NCc2nc3ccccc3n2C2CC2)c1C. The van der Waals surface area contributed by atoms with E-state index >= 15 is 0 Å². The first kappa shape index (κ1) is 16.9. The molecule has 28 heavy (non-hydrogen) atoms. The highest BCUT2D eigenvalue weighted by atomic mass is 15.2. The summed E-state index contributed by atoms with van der Waals surface area (Å²) < 4.78 is 2.38. The molecule has 0 atom stereocenters. The van der Waals surface area contributed by atoms with Gasteiger partial charge in [-0.1, -0.05) is 12.1 Å². The molecule has 1 saturated carbocycles. The first-order valence-electron chi connectivity index (χ1n) is 9.66. The van der Waals surface area contributed by atoms with Crippen LogP contribution >= 0.6 is 0 Å². The fourth-order valence-corrected chi connectivity index (χ4v) is 3.55. The molecule has 1 fully saturated rings. The number of rotatable bonds is 5. The smallest absolute Gasteiger partial charge is 0.163 e. The van der Waals surface area contributed by atoms with Crippen molar-refractivity contribution in [1.82, 2.24) is 24.5 Å². The minimum absolute atomic E-state index is 0.573. The number of pyridine rings is 1. The lowest BCUT2D eigenvalue weighted by atomic mass is 10.2. The van der Waals surface area contributed by atoms with Gasteiger partial charge in [-0.25, -0.2) is 15.0 Å². The highest BCUT2D eigenvalue weighted by Gasteiger charge is 2.28. The van der Waals surface area contributed by atoms with E-state index < -0.39 is 0 Å². The molecule has 1 aliphatic carbocycles. The van der Waals surface area contributed by atoms with E-state index in [1.807, 2.05) is 25.1 Å². The van der Waals surface area contributed by atoms with Gasteiger partial charge in [0.2, 0.25) is 0 Å². The number of aromatic nitrogens is 5. The molecular weight excluding hydrogens is 348 g/mol. The van der Waals surface area contributed by atoms with E-state index in [9.17, 15) is 0 Å². The van der Waals surface area contributed by atoms with E-state index in [1.165, 1.54) is 18.4 Å². The molecule has 4 aromatic rings. The van der Waals surface area contributed by atoms with E-state index in [2.05, 4.69) is 45.0 Å². The zero-order valence-corrected chi connectivity index (χ0v) is 16.1. The summed E-state index contributed by atoms with van der Waals surface area (Å²) in [5.41, 5.74) is 5.21. The Kier molecular flexibility index (Phi) is 4.04. The lowest BCUT2D eigenvalue weighted by Crippen LogP contribution is -2.11. The molecule has 0 aliphatic heterocycles. The third kappa shape index (κ3) is 3.01. The Labute approximate surface area is 163 Å². The Bertz CT molecular complexity index is 1140. The summed E-state index contributed by atoms with van der Waals surface area (Å²) in [5.74, 6) is 2.59. The summed E-state index contributed by atoms with van der Waals surface area (Å²) in [4.78, 5) is 18.5. The molecule has 1 aromatic carbocycles. The average Bonchev–Trinajstić information content (AvgIpc) is 3.49. The minimum atomic E-state index is 0.573. The van der Waals surface area contributed by atoms with Crippen molar-refractivity contribution in [1.29, 1.82) is 0 Å². The number of para-hydroxylation sites is 2. The van der Waals surface area contributed by atoms with Gasteiger partial charge in [0.15, 0.2) is 5.82 Å². The predicted octanol–water partition coefficient (Wildman–Crippen LogP) is 4.45. The second-order valence-electron chi connectivity index (χ2n) is 7.32. The fraction of sp³-hybridized carbons (Fsp3) is 0.273. The number of nitrogens with one attached hydrogen (secondary N) is 1. The number of hydrogen-bond donors (Lipinski definition) is 1. The number of anilines is 1. The van der Waals surface area contributed by atoms with E-state index in [4.69, 9.17) is 9.97 Å². The number of fused-ring (bicyclic) bond motifs is 1. The molecule has 0 amide bonds. The Balaban J connectivity index is 1.48. The van der Waals surface area contributed by atoms with Gasteiger partial charge in [-0.15, -0.1) is 0 Å². The third-order valence-electron chi connectivity index (χ3n) is 5.30. The molecule has 0 saturated heterocycles. The Hall–Kier alpha value is -3.28. The fourth-order valence-electron chi connectivity index (χ4n) is 3.55. The van der Waals surface area contributed by atoms with Crippen LogP contribution in [0.1, 0.15) is 36.0 Å². The summed E-state index contributed by atoms with van der Waals surface area (Å²) in [6.45, 7) is 4.70. The lowest BCUT2D eigenvalue weighted by Gasteiger charge is -2.13. The first-order chi connectivity index (χ1) is 13.7. The molecule has 0 spiro atoms. The highest BCUT2D eigenvalue weighted by Crippen LogP contribution is 2.38. The quantitative estimate of drug-likeness (QED) is 0.562. The summed E-state index contributed by atoms with van der Waals surface area (Å²) >= 11 is 0. The van der Waals surface area contributed by atoms with Crippen LogP contribution in [0.2, 0.25) is 0 Å². The molecule has 140 valence electrons. The maximum atomic E-state index is 4.87. The summed E-state index contributed by atoms with van der Waals surface area (Å²) in [7, 11) is 0. The van der Waals surface area contributed by atoms with Gasteiger partial charge in [0, 0.05) is 35.3 Å². The van der Waals surface area contributed by atoms with Gasteiger partial charge in [0.1, 0.15) is 11.6 Å². The monoisotopic (exact) mass is 370 g/mol. The van der Waals surface area contributed by atoms with Gasteiger partial charge in [0.05, 0.1) is 17.6 Å². The topological polar surface area (TPSA) is 68.5 Å². The van der Waals surface area contributed by atoms with Crippen LogP contribution in [0.15, 0.2) is 48.8 Å². The van der Waals surface area contributed by atoms with Crippen LogP contribution in [-0.4, -0.2) is 24.5 Å². The summed E-state index contributed by atoms with van der Waals surface area (Å²) in [5, 5.41) is 3.51. The van der Waals surface area contributed by atoms with Gasteiger partial charge in [-0.05, 0) is 51.0 Å². The van der Waals surface area contributed by atoms with Crippen LogP contribution in [0.25, 0.3) is 22.4 Å². The molecule has 3 aromatic heterocycles. The molecule has 0 unspecified atom stereocenters. The van der Waals surface area contributed by atoms with Gasteiger partial charge in [-0.2, -0.15) is 0 Å². The van der Waals surface area contributed by atoms with Crippen molar-refractivity contribution in [3.63, 3.8) is 0 Å². The molecular formula is C22H22N6. The van der Waals surface area contributed by atoms with E-state index in [1.54, 1.807) is 12.4 Å². The minimum Gasteiger partial charge on any atom is -0.362 e. The molecule has 6 nitrogen and oxygen atoms in total. The van der Waals surface area contributed by atoms with Crippen LogP contribution in [0.4, 0.5) is 5.82 Å². The zero-order chi connectivity index (χ0) is 19.1. The van der Waals surface area contributed by atoms with Gasteiger partial charge < -0.3 is 9.88 Å². The summed E-state index contributed by atoms with van der Waals surface area (Å²) in [6, 6.07) is 12.8. The Morgan fingerprint density at radius 2 is 1.89 bits per heavy atom. The van der Waals surface area contributed by atoms with E-state index in [-0.39, 0.29) is 0 Å². The maximum absolute atomic E-state index is 4.87. The van der Waals surface area contributed by atoms with Crippen molar-refractivity contribution < 1.29 is 0 Å². The van der Waals surface area contributed by atoms with Crippen LogP contribution < -0.4 is 5.32 Å². The lowest BCUT2D eigenvalue weighted by molar-refractivity contribution is 0.710. The van der Waals surface area contributed by atoms with Gasteiger partial charge in [0.25, 0.3) is 0 Å². The van der Waals surface area contributed by atoms with Gasteiger partial charge in [-0.3, -0.25) is 4.98 Å². The van der Waals surface area contributed by atoms with Crippen molar-refractivity contribution in [2.24, 2.45) is 0 Å². The van der Waals surface area contributed by atoms with Crippen LogP contribution in [0.3, 0.4) is 0 Å². The van der Waals surface area contributed by atoms with Crippen LogP contribution in [0.5, 0.6) is 0 Å². The molecule has 1 N–H and O–H groups in total. The number of aryl methyl sites for hydroxylation is 1. The second-order valence-corrected chi connectivity index (χ2v) is 7.32. The Morgan fingerprint density at radius 1 is 1.04 bits per heavy atom. The van der Waals surface area contributed by atoms with E-state index in [0.29, 0.717) is 18.4 Å². The zero-order valence-electron chi connectivity index (χ0n) is 16.1. The van der Waals surface area contributed by atoms with Crippen molar-refractivity contribution in [2.45, 2.75) is 39.3 Å².